The number of hydrogen-bond donors (Lipinski definition) is 2. The number of pyridine rings is 1. The zero-order chi connectivity index (χ0) is 15.1. The Kier molecular flexibility index (Phi) is 5.96. The van der Waals surface area contributed by atoms with Crippen LogP contribution in [0.1, 0.15) is 30.6 Å². The molecule has 6 heteroatoms. The summed E-state index contributed by atoms with van der Waals surface area (Å²) in [6, 6.07) is 3.01. The number of hydrogen-bond acceptors (Lipinski definition) is 4. The van der Waals surface area contributed by atoms with E-state index in [4.69, 9.17) is 0 Å². The average Bonchev–Trinajstić information content (AvgIpc) is 2.44. The van der Waals surface area contributed by atoms with Gasteiger partial charge in [-0.05, 0) is 25.5 Å². The molecule has 0 saturated heterocycles. The number of rotatable bonds is 6. The van der Waals surface area contributed by atoms with Gasteiger partial charge in [0.1, 0.15) is 11.9 Å². The van der Waals surface area contributed by atoms with Crippen LogP contribution >= 0.6 is 0 Å². The van der Waals surface area contributed by atoms with Crippen molar-refractivity contribution in [3.8, 4) is 0 Å². The molecule has 6 nitrogen and oxygen atoms in total. The predicted molar refractivity (Wildman–Crippen MR) is 78.6 cm³/mol. The van der Waals surface area contributed by atoms with Gasteiger partial charge in [0.2, 0.25) is 5.91 Å². The van der Waals surface area contributed by atoms with Gasteiger partial charge in [-0.15, -0.1) is 0 Å². The van der Waals surface area contributed by atoms with E-state index >= 15 is 0 Å². The lowest BCUT2D eigenvalue weighted by atomic mass is 10.2. The molecule has 0 bridgehead atoms. The highest BCUT2D eigenvalue weighted by Gasteiger charge is 2.13. The number of carbonyl (C=O) groups excluding carboxylic acids is 2. The Morgan fingerprint density at radius 2 is 2.05 bits per heavy atom. The van der Waals surface area contributed by atoms with Crippen molar-refractivity contribution in [2.24, 2.45) is 0 Å². The first kappa shape index (κ1) is 15.9. The highest BCUT2D eigenvalue weighted by molar-refractivity contribution is 5.93. The zero-order valence-electron chi connectivity index (χ0n) is 12.4. The summed E-state index contributed by atoms with van der Waals surface area (Å²) < 4.78 is 0. The molecule has 0 aliphatic carbocycles. The van der Waals surface area contributed by atoms with Crippen molar-refractivity contribution in [2.45, 2.75) is 26.3 Å². The van der Waals surface area contributed by atoms with Crippen LogP contribution in [0.2, 0.25) is 0 Å². The molecule has 2 amide bonds. The van der Waals surface area contributed by atoms with E-state index in [0.717, 1.165) is 6.42 Å². The smallest absolute Gasteiger partial charge is 0.254 e. The van der Waals surface area contributed by atoms with Crippen LogP contribution in [0.5, 0.6) is 0 Å². The Bertz CT molecular complexity index is 457. The summed E-state index contributed by atoms with van der Waals surface area (Å²) in [7, 11) is 3.38. The van der Waals surface area contributed by atoms with Gasteiger partial charge in [0, 0.05) is 26.8 Å². The third kappa shape index (κ3) is 4.53. The topological polar surface area (TPSA) is 74.3 Å². The summed E-state index contributed by atoms with van der Waals surface area (Å²) in [6.45, 7) is 4.43. The predicted octanol–water partition coefficient (Wildman–Crippen LogP) is 1.11. The fraction of sp³-hybridized carbons (Fsp3) is 0.500. The molecule has 1 unspecified atom stereocenters. The van der Waals surface area contributed by atoms with Crippen LogP contribution < -0.4 is 10.6 Å². The Balaban J connectivity index is 2.61. The fourth-order valence-electron chi connectivity index (χ4n) is 1.55. The van der Waals surface area contributed by atoms with Gasteiger partial charge in [0.05, 0.1) is 5.56 Å². The third-order valence-corrected chi connectivity index (χ3v) is 2.72. The van der Waals surface area contributed by atoms with Crippen molar-refractivity contribution in [3.05, 3.63) is 23.9 Å². The maximum atomic E-state index is 11.7. The number of amides is 2. The van der Waals surface area contributed by atoms with Gasteiger partial charge < -0.3 is 15.5 Å². The number of anilines is 1. The summed E-state index contributed by atoms with van der Waals surface area (Å²) in [5, 5.41) is 5.80. The lowest BCUT2D eigenvalue weighted by Crippen LogP contribution is -2.38. The zero-order valence-corrected chi connectivity index (χ0v) is 12.4. The summed E-state index contributed by atoms with van der Waals surface area (Å²) in [4.78, 5) is 29.1. The van der Waals surface area contributed by atoms with Crippen molar-refractivity contribution in [1.29, 1.82) is 0 Å². The Labute approximate surface area is 119 Å². The molecule has 1 aromatic rings. The quantitative estimate of drug-likeness (QED) is 0.817. The standard InChI is InChI=1S/C14H22N4O2/c1-5-8-15-13(19)10(2)17-12-7-6-11(9-16-12)14(20)18(3)4/h6-7,9-10H,5,8H2,1-4H3,(H,15,19)(H,16,17). The van der Waals surface area contributed by atoms with Crippen LogP contribution in [0.15, 0.2) is 18.3 Å². The molecule has 0 aliphatic rings. The summed E-state index contributed by atoms with van der Waals surface area (Å²) in [5.74, 6) is 0.402. The maximum Gasteiger partial charge on any atom is 0.254 e. The SMILES string of the molecule is CCCNC(=O)C(C)Nc1ccc(C(=O)N(C)C)cn1. The molecule has 0 fully saturated rings. The second-order valence-corrected chi connectivity index (χ2v) is 4.79. The van der Waals surface area contributed by atoms with Gasteiger partial charge in [-0.25, -0.2) is 4.98 Å². The lowest BCUT2D eigenvalue weighted by Gasteiger charge is -2.15. The van der Waals surface area contributed by atoms with E-state index in [-0.39, 0.29) is 17.9 Å². The monoisotopic (exact) mass is 278 g/mol. The Hall–Kier alpha value is -2.11. The van der Waals surface area contributed by atoms with E-state index in [0.29, 0.717) is 17.9 Å². The second-order valence-electron chi connectivity index (χ2n) is 4.79. The molecule has 0 aliphatic heterocycles. The van der Waals surface area contributed by atoms with Gasteiger partial charge in [0.25, 0.3) is 5.91 Å². The molecule has 1 atom stereocenters. The van der Waals surface area contributed by atoms with Gasteiger partial charge in [0.15, 0.2) is 0 Å². The molecular weight excluding hydrogens is 256 g/mol. The number of carbonyl (C=O) groups is 2. The van der Waals surface area contributed by atoms with Crippen LogP contribution in [0.25, 0.3) is 0 Å². The van der Waals surface area contributed by atoms with Crippen molar-refractivity contribution in [3.63, 3.8) is 0 Å². The number of nitrogens with one attached hydrogen (secondary N) is 2. The molecule has 1 aromatic heterocycles. The van der Waals surface area contributed by atoms with Crippen LogP contribution in [-0.4, -0.2) is 48.4 Å². The van der Waals surface area contributed by atoms with Gasteiger partial charge in [-0.2, -0.15) is 0 Å². The van der Waals surface area contributed by atoms with Gasteiger partial charge >= 0.3 is 0 Å². The molecule has 1 rings (SSSR count). The molecule has 0 saturated carbocycles. The van der Waals surface area contributed by atoms with Gasteiger partial charge in [-0.3, -0.25) is 9.59 Å². The second kappa shape index (κ2) is 7.47. The van der Waals surface area contributed by atoms with E-state index in [1.165, 1.54) is 11.1 Å². The average molecular weight is 278 g/mol. The number of nitrogens with zero attached hydrogens (tertiary/aromatic N) is 2. The minimum Gasteiger partial charge on any atom is -0.359 e. The van der Waals surface area contributed by atoms with Crippen molar-refractivity contribution >= 4 is 17.6 Å². The molecule has 0 aromatic carbocycles. The molecule has 1 heterocycles. The molecule has 0 radical (unpaired) electrons. The largest absolute Gasteiger partial charge is 0.359 e. The van der Waals surface area contributed by atoms with Crippen LogP contribution in [0.4, 0.5) is 5.82 Å². The molecule has 20 heavy (non-hydrogen) atoms. The normalized spacial score (nSPS) is 11.6. The van der Waals surface area contributed by atoms with Crippen LogP contribution in [0, 0.1) is 0 Å². The van der Waals surface area contributed by atoms with Crippen molar-refractivity contribution in [1.82, 2.24) is 15.2 Å². The summed E-state index contributed by atoms with van der Waals surface area (Å²) in [6.07, 6.45) is 2.40. The summed E-state index contributed by atoms with van der Waals surface area (Å²) >= 11 is 0. The van der Waals surface area contributed by atoms with E-state index in [2.05, 4.69) is 15.6 Å². The highest BCUT2D eigenvalue weighted by Crippen LogP contribution is 2.08. The Morgan fingerprint density at radius 3 is 2.55 bits per heavy atom. The molecule has 2 N–H and O–H groups in total. The lowest BCUT2D eigenvalue weighted by molar-refractivity contribution is -0.121. The van der Waals surface area contributed by atoms with Crippen LogP contribution in [-0.2, 0) is 4.79 Å². The van der Waals surface area contributed by atoms with E-state index in [1.54, 1.807) is 33.2 Å². The molecule has 0 spiro atoms. The number of aromatic nitrogens is 1. The van der Waals surface area contributed by atoms with E-state index in [9.17, 15) is 9.59 Å². The first-order valence-electron chi connectivity index (χ1n) is 6.67. The van der Waals surface area contributed by atoms with E-state index in [1.807, 2.05) is 6.92 Å². The maximum absolute atomic E-state index is 11.7. The Morgan fingerprint density at radius 1 is 1.35 bits per heavy atom. The van der Waals surface area contributed by atoms with Gasteiger partial charge in [-0.1, -0.05) is 6.92 Å². The minimum atomic E-state index is -0.371. The van der Waals surface area contributed by atoms with Crippen molar-refractivity contribution in [2.75, 3.05) is 26.0 Å². The summed E-state index contributed by atoms with van der Waals surface area (Å²) in [5.41, 5.74) is 0.517. The first-order valence-corrected chi connectivity index (χ1v) is 6.67. The van der Waals surface area contributed by atoms with Crippen LogP contribution in [0.3, 0.4) is 0 Å². The van der Waals surface area contributed by atoms with E-state index < -0.39 is 0 Å². The first-order chi connectivity index (χ1) is 9.45. The molecule has 110 valence electrons. The van der Waals surface area contributed by atoms with Crippen molar-refractivity contribution < 1.29 is 9.59 Å². The highest BCUT2D eigenvalue weighted by atomic mass is 16.2. The minimum absolute atomic E-state index is 0.0675. The fourth-order valence-corrected chi connectivity index (χ4v) is 1.55. The molecular formula is C14H22N4O2. The third-order valence-electron chi connectivity index (χ3n) is 2.72.